The molecule has 2 heterocycles. The Hall–Kier alpha value is -1.82. The monoisotopic (exact) mass is 281 g/mol. The summed E-state index contributed by atoms with van der Waals surface area (Å²) in [7, 11) is 0. The summed E-state index contributed by atoms with van der Waals surface area (Å²) in [6.45, 7) is 2.62. The van der Waals surface area contributed by atoms with Gasteiger partial charge in [-0.1, -0.05) is 25.1 Å². The number of halogens is 3. The molecule has 1 aliphatic rings. The molecule has 6 heteroatoms. The van der Waals surface area contributed by atoms with Crippen LogP contribution in [0, 0.1) is 0 Å². The summed E-state index contributed by atoms with van der Waals surface area (Å²) in [6, 6.07) is 5.61. The van der Waals surface area contributed by atoms with Gasteiger partial charge in [-0.05, 0) is 17.0 Å². The fourth-order valence-electron chi connectivity index (χ4n) is 2.72. The average Bonchev–Trinajstić information content (AvgIpc) is 2.82. The molecule has 3 rings (SSSR count). The van der Waals surface area contributed by atoms with Crippen LogP contribution < -0.4 is 5.73 Å². The quantitative estimate of drug-likeness (QED) is 0.872. The molecular weight excluding hydrogens is 267 g/mol. The smallest absolute Gasteiger partial charge is 0.326 e. The highest BCUT2D eigenvalue weighted by Gasteiger charge is 2.38. The van der Waals surface area contributed by atoms with Crippen molar-refractivity contribution in [3.05, 3.63) is 41.2 Å². The number of imidazole rings is 1. The maximum absolute atomic E-state index is 13.0. The number of rotatable bonds is 1. The van der Waals surface area contributed by atoms with Crippen LogP contribution in [0.25, 0.3) is 11.4 Å². The van der Waals surface area contributed by atoms with Crippen molar-refractivity contribution < 1.29 is 13.2 Å². The van der Waals surface area contributed by atoms with E-state index in [0.717, 1.165) is 22.9 Å². The van der Waals surface area contributed by atoms with Crippen LogP contribution in [0.4, 0.5) is 13.2 Å². The molecule has 0 spiro atoms. The van der Waals surface area contributed by atoms with E-state index >= 15 is 0 Å². The third-order valence-electron chi connectivity index (χ3n) is 3.73. The second-order valence-electron chi connectivity index (χ2n) is 5.10. The van der Waals surface area contributed by atoms with Crippen molar-refractivity contribution in [2.24, 2.45) is 5.73 Å². The minimum absolute atomic E-state index is 0.000648. The van der Waals surface area contributed by atoms with Gasteiger partial charge in [-0.15, -0.1) is 0 Å². The standard InChI is InChI=1S/C14H14F3N3/c1-8-7-20-12(14(15,16)17)6-19-13(20)10-3-2-9(5-18)4-11(8)10/h2-4,6,8H,5,7,18H2,1H3. The van der Waals surface area contributed by atoms with Gasteiger partial charge in [-0.25, -0.2) is 4.98 Å². The first-order chi connectivity index (χ1) is 9.41. The molecule has 0 bridgehead atoms. The molecule has 0 saturated carbocycles. The van der Waals surface area contributed by atoms with Gasteiger partial charge in [0.25, 0.3) is 0 Å². The first-order valence-electron chi connectivity index (χ1n) is 6.37. The highest BCUT2D eigenvalue weighted by atomic mass is 19.4. The van der Waals surface area contributed by atoms with E-state index in [-0.39, 0.29) is 12.5 Å². The van der Waals surface area contributed by atoms with Crippen molar-refractivity contribution >= 4 is 0 Å². The zero-order valence-corrected chi connectivity index (χ0v) is 10.9. The summed E-state index contributed by atoms with van der Waals surface area (Å²) in [4.78, 5) is 3.97. The third kappa shape index (κ3) is 1.91. The van der Waals surface area contributed by atoms with Gasteiger partial charge in [0.2, 0.25) is 0 Å². The molecule has 0 saturated heterocycles. The van der Waals surface area contributed by atoms with Crippen LogP contribution in [-0.4, -0.2) is 9.55 Å². The molecule has 0 fully saturated rings. The largest absolute Gasteiger partial charge is 0.433 e. The fraction of sp³-hybridized carbons (Fsp3) is 0.357. The van der Waals surface area contributed by atoms with Crippen molar-refractivity contribution in [2.45, 2.75) is 32.1 Å². The zero-order valence-electron chi connectivity index (χ0n) is 10.9. The Balaban J connectivity index is 2.18. The predicted octanol–water partition coefficient (Wildman–Crippen LogP) is 3.14. The molecule has 2 N–H and O–H groups in total. The van der Waals surface area contributed by atoms with E-state index in [1.54, 1.807) is 0 Å². The van der Waals surface area contributed by atoms with Crippen LogP contribution >= 0.6 is 0 Å². The number of fused-ring (bicyclic) bond motifs is 3. The Kier molecular flexibility index (Phi) is 2.86. The van der Waals surface area contributed by atoms with Crippen LogP contribution in [0.3, 0.4) is 0 Å². The van der Waals surface area contributed by atoms with Crippen molar-refractivity contribution in [3.8, 4) is 11.4 Å². The van der Waals surface area contributed by atoms with E-state index in [1.165, 1.54) is 4.57 Å². The SMILES string of the molecule is CC1Cn2c(C(F)(F)F)cnc2-c2ccc(CN)cc21. The van der Waals surface area contributed by atoms with Crippen LogP contribution in [0.5, 0.6) is 0 Å². The fourth-order valence-corrected chi connectivity index (χ4v) is 2.72. The molecule has 20 heavy (non-hydrogen) atoms. The lowest BCUT2D eigenvalue weighted by Gasteiger charge is -2.26. The number of hydrogen-bond donors (Lipinski definition) is 1. The maximum atomic E-state index is 13.0. The maximum Gasteiger partial charge on any atom is 0.433 e. The number of nitrogens with zero attached hydrogens (tertiary/aromatic N) is 2. The molecule has 106 valence electrons. The van der Waals surface area contributed by atoms with Crippen molar-refractivity contribution in [2.75, 3.05) is 0 Å². The zero-order chi connectivity index (χ0) is 14.5. The van der Waals surface area contributed by atoms with Crippen molar-refractivity contribution in [1.82, 2.24) is 9.55 Å². The molecule has 3 nitrogen and oxygen atoms in total. The molecular formula is C14H14F3N3. The van der Waals surface area contributed by atoms with Crippen molar-refractivity contribution in [3.63, 3.8) is 0 Å². The number of hydrogen-bond acceptors (Lipinski definition) is 2. The lowest BCUT2D eigenvalue weighted by atomic mass is 9.90. The Bertz CT molecular complexity index is 658. The number of nitrogens with two attached hydrogens (primary N) is 1. The summed E-state index contributed by atoms with van der Waals surface area (Å²) in [5, 5.41) is 0. The Morgan fingerprint density at radius 1 is 1.40 bits per heavy atom. The molecule has 1 unspecified atom stereocenters. The normalized spacial score (nSPS) is 17.8. The molecule has 1 aromatic carbocycles. The highest BCUT2D eigenvalue weighted by Crippen LogP contribution is 2.40. The number of aromatic nitrogens is 2. The number of benzene rings is 1. The summed E-state index contributed by atoms with van der Waals surface area (Å²) in [5.74, 6) is 0.383. The first-order valence-corrected chi connectivity index (χ1v) is 6.37. The van der Waals surface area contributed by atoms with Gasteiger partial charge in [0.1, 0.15) is 11.5 Å². The third-order valence-corrected chi connectivity index (χ3v) is 3.73. The van der Waals surface area contributed by atoms with Gasteiger partial charge < -0.3 is 10.3 Å². The molecule has 1 aromatic heterocycles. The van der Waals surface area contributed by atoms with E-state index in [2.05, 4.69) is 4.98 Å². The topological polar surface area (TPSA) is 43.8 Å². The van der Waals surface area contributed by atoms with Gasteiger partial charge in [0, 0.05) is 18.7 Å². The van der Waals surface area contributed by atoms with Gasteiger partial charge in [0.05, 0.1) is 6.20 Å². The summed E-state index contributed by atoms with van der Waals surface area (Å²) in [6.07, 6.45) is -3.46. The molecule has 0 radical (unpaired) electrons. The molecule has 0 amide bonds. The second kappa shape index (κ2) is 4.34. The Morgan fingerprint density at radius 3 is 2.80 bits per heavy atom. The first kappa shape index (κ1) is 13.2. The van der Waals surface area contributed by atoms with Crippen LogP contribution in [0.2, 0.25) is 0 Å². The highest BCUT2D eigenvalue weighted by molar-refractivity contribution is 5.65. The van der Waals surface area contributed by atoms with Gasteiger partial charge in [-0.3, -0.25) is 0 Å². The lowest BCUT2D eigenvalue weighted by molar-refractivity contribution is -0.143. The number of alkyl halides is 3. The minimum Gasteiger partial charge on any atom is -0.326 e. The lowest BCUT2D eigenvalue weighted by Crippen LogP contribution is -2.21. The van der Waals surface area contributed by atoms with Crippen LogP contribution in [-0.2, 0) is 19.3 Å². The van der Waals surface area contributed by atoms with Gasteiger partial charge in [0.15, 0.2) is 0 Å². The summed E-state index contributed by atoms with van der Waals surface area (Å²) >= 11 is 0. The van der Waals surface area contributed by atoms with Crippen LogP contribution in [0.1, 0.15) is 29.7 Å². The second-order valence-corrected chi connectivity index (χ2v) is 5.10. The van der Waals surface area contributed by atoms with Crippen molar-refractivity contribution in [1.29, 1.82) is 0 Å². The predicted molar refractivity (Wildman–Crippen MR) is 69.0 cm³/mol. The van der Waals surface area contributed by atoms with Gasteiger partial charge in [-0.2, -0.15) is 13.2 Å². The Morgan fingerprint density at radius 2 is 2.15 bits per heavy atom. The minimum atomic E-state index is -4.38. The molecule has 0 aliphatic carbocycles. The molecule has 1 atom stereocenters. The Labute approximate surface area is 114 Å². The van der Waals surface area contributed by atoms with Gasteiger partial charge >= 0.3 is 6.18 Å². The molecule has 2 aromatic rings. The molecule has 1 aliphatic heterocycles. The summed E-state index contributed by atoms with van der Waals surface area (Å²) in [5.41, 5.74) is 7.68. The van der Waals surface area contributed by atoms with E-state index < -0.39 is 11.9 Å². The average molecular weight is 281 g/mol. The van der Waals surface area contributed by atoms with E-state index in [1.807, 2.05) is 25.1 Å². The van der Waals surface area contributed by atoms with Crippen LogP contribution in [0.15, 0.2) is 24.4 Å². The summed E-state index contributed by atoms with van der Waals surface area (Å²) < 4.78 is 40.1. The van der Waals surface area contributed by atoms with E-state index in [4.69, 9.17) is 5.73 Å². The van der Waals surface area contributed by atoms with E-state index in [9.17, 15) is 13.2 Å². The van der Waals surface area contributed by atoms with E-state index in [0.29, 0.717) is 12.4 Å².